The quantitative estimate of drug-likeness (QED) is 0.524. The van der Waals surface area contributed by atoms with Gasteiger partial charge in [0, 0.05) is 6.42 Å². The van der Waals surface area contributed by atoms with Crippen molar-refractivity contribution < 1.29 is 9.90 Å². The molecular weight excluding hydrogens is 164 g/mol. The zero-order chi connectivity index (χ0) is 10.1. The molecule has 1 rings (SSSR count). The van der Waals surface area contributed by atoms with E-state index in [1.54, 1.807) is 0 Å². The van der Waals surface area contributed by atoms with Gasteiger partial charge in [0.05, 0.1) is 6.10 Å². The Morgan fingerprint density at radius 2 is 2.23 bits per heavy atom. The van der Waals surface area contributed by atoms with Crippen molar-refractivity contribution in [2.45, 2.75) is 46.1 Å². The molecule has 0 aromatic rings. The van der Waals surface area contributed by atoms with E-state index in [1.807, 2.05) is 6.92 Å². The second-order valence-corrected chi connectivity index (χ2v) is 4.47. The van der Waals surface area contributed by atoms with E-state index in [-0.39, 0.29) is 11.5 Å². The van der Waals surface area contributed by atoms with Gasteiger partial charge in [-0.1, -0.05) is 19.4 Å². The van der Waals surface area contributed by atoms with Gasteiger partial charge >= 0.3 is 0 Å². The maximum absolute atomic E-state index is 10.5. The monoisotopic (exact) mass is 182 g/mol. The molecule has 13 heavy (non-hydrogen) atoms. The van der Waals surface area contributed by atoms with Crippen LogP contribution < -0.4 is 0 Å². The first kappa shape index (κ1) is 10.5. The Hall–Kier alpha value is -0.630. The molecule has 0 radical (unpaired) electrons. The molecule has 74 valence electrons. The topological polar surface area (TPSA) is 37.3 Å². The molecule has 0 aliphatic heterocycles. The molecule has 0 amide bonds. The number of allylic oxidation sites excluding steroid dienone is 1. The van der Waals surface area contributed by atoms with Crippen LogP contribution in [-0.2, 0) is 4.79 Å². The van der Waals surface area contributed by atoms with Crippen LogP contribution in [0.25, 0.3) is 0 Å². The molecule has 1 unspecified atom stereocenters. The van der Waals surface area contributed by atoms with E-state index in [4.69, 9.17) is 0 Å². The maximum atomic E-state index is 10.5. The summed E-state index contributed by atoms with van der Waals surface area (Å²) in [6.07, 6.45) is 2.85. The van der Waals surface area contributed by atoms with E-state index in [0.717, 1.165) is 30.3 Å². The molecule has 1 N–H and O–H groups in total. The first-order valence-electron chi connectivity index (χ1n) is 4.81. The average Bonchev–Trinajstić information content (AvgIpc) is 2.07. The first-order chi connectivity index (χ1) is 5.99. The maximum Gasteiger partial charge on any atom is 0.124 e. The van der Waals surface area contributed by atoms with Gasteiger partial charge < -0.3 is 9.90 Å². The number of hydrogen-bond donors (Lipinski definition) is 1. The van der Waals surface area contributed by atoms with E-state index in [0.29, 0.717) is 6.42 Å². The zero-order valence-electron chi connectivity index (χ0n) is 8.63. The number of aliphatic hydroxyl groups is 1. The van der Waals surface area contributed by atoms with Gasteiger partial charge in [0.2, 0.25) is 0 Å². The van der Waals surface area contributed by atoms with Crippen LogP contribution in [0.3, 0.4) is 0 Å². The van der Waals surface area contributed by atoms with Gasteiger partial charge in [-0.15, -0.1) is 0 Å². The lowest BCUT2D eigenvalue weighted by Crippen LogP contribution is -2.28. The van der Waals surface area contributed by atoms with Crippen molar-refractivity contribution in [3.63, 3.8) is 0 Å². The second-order valence-electron chi connectivity index (χ2n) is 4.47. The Kier molecular flexibility index (Phi) is 2.91. The fourth-order valence-electron chi connectivity index (χ4n) is 2.12. The Balaban J connectivity index is 3.01. The van der Waals surface area contributed by atoms with Gasteiger partial charge in [-0.3, -0.25) is 0 Å². The minimum absolute atomic E-state index is 0.0875. The highest BCUT2D eigenvalue weighted by molar-refractivity contribution is 5.56. The number of carbonyl (C=O) groups excluding carboxylic acids is 1. The standard InChI is InChI=1S/C11H18O2/c1-8-9(5-7-12)11(2,3)6-4-10(8)13/h7,10,13H,4-6H2,1-3H3. The molecule has 0 fully saturated rings. The van der Waals surface area contributed by atoms with Gasteiger partial charge in [-0.25, -0.2) is 0 Å². The molecule has 2 heteroatoms. The fraction of sp³-hybridized carbons (Fsp3) is 0.727. The lowest BCUT2D eigenvalue weighted by molar-refractivity contribution is -0.107. The SMILES string of the molecule is CC1=C(CC=O)C(C)(C)CCC1O. The summed E-state index contributed by atoms with van der Waals surface area (Å²) < 4.78 is 0. The molecule has 0 spiro atoms. The summed E-state index contributed by atoms with van der Waals surface area (Å²) in [5.41, 5.74) is 2.22. The van der Waals surface area contributed by atoms with Crippen molar-refractivity contribution in [2.24, 2.45) is 5.41 Å². The molecule has 1 aliphatic rings. The van der Waals surface area contributed by atoms with Gasteiger partial charge in [0.25, 0.3) is 0 Å². The van der Waals surface area contributed by atoms with Crippen molar-refractivity contribution >= 4 is 6.29 Å². The Morgan fingerprint density at radius 3 is 2.77 bits per heavy atom. The van der Waals surface area contributed by atoms with Crippen LogP contribution in [-0.4, -0.2) is 17.5 Å². The van der Waals surface area contributed by atoms with Crippen LogP contribution in [0.1, 0.15) is 40.0 Å². The summed E-state index contributed by atoms with van der Waals surface area (Å²) in [5.74, 6) is 0. The summed E-state index contributed by atoms with van der Waals surface area (Å²) in [6, 6.07) is 0. The lowest BCUT2D eigenvalue weighted by atomic mass is 9.71. The number of aldehydes is 1. The minimum Gasteiger partial charge on any atom is -0.389 e. The van der Waals surface area contributed by atoms with Crippen LogP contribution in [0.5, 0.6) is 0 Å². The fourth-order valence-corrected chi connectivity index (χ4v) is 2.12. The normalized spacial score (nSPS) is 27.5. The van der Waals surface area contributed by atoms with Crippen molar-refractivity contribution in [2.75, 3.05) is 0 Å². The van der Waals surface area contributed by atoms with Gasteiger partial charge in [0.15, 0.2) is 0 Å². The lowest BCUT2D eigenvalue weighted by Gasteiger charge is -2.36. The largest absolute Gasteiger partial charge is 0.389 e. The van der Waals surface area contributed by atoms with E-state index in [9.17, 15) is 9.90 Å². The smallest absolute Gasteiger partial charge is 0.124 e. The molecule has 0 heterocycles. The molecule has 0 bridgehead atoms. The highest BCUT2D eigenvalue weighted by Crippen LogP contribution is 2.41. The third-order valence-electron chi connectivity index (χ3n) is 3.12. The van der Waals surface area contributed by atoms with E-state index in [1.165, 1.54) is 0 Å². The van der Waals surface area contributed by atoms with Crippen molar-refractivity contribution in [1.29, 1.82) is 0 Å². The molecule has 0 aromatic carbocycles. The molecule has 0 saturated carbocycles. The van der Waals surface area contributed by atoms with Crippen LogP contribution >= 0.6 is 0 Å². The minimum atomic E-state index is -0.331. The number of aliphatic hydroxyl groups excluding tert-OH is 1. The number of hydrogen-bond acceptors (Lipinski definition) is 2. The van der Waals surface area contributed by atoms with Crippen LogP contribution in [0, 0.1) is 5.41 Å². The highest BCUT2D eigenvalue weighted by atomic mass is 16.3. The third-order valence-corrected chi connectivity index (χ3v) is 3.12. The summed E-state index contributed by atoms with van der Waals surface area (Å²) in [5, 5.41) is 9.63. The highest BCUT2D eigenvalue weighted by Gasteiger charge is 2.31. The van der Waals surface area contributed by atoms with Crippen molar-refractivity contribution in [1.82, 2.24) is 0 Å². The van der Waals surface area contributed by atoms with E-state index < -0.39 is 0 Å². The Morgan fingerprint density at radius 1 is 1.62 bits per heavy atom. The van der Waals surface area contributed by atoms with Crippen LogP contribution in [0.4, 0.5) is 0 Å². The van der Waals surface area contributed by atoms with Gasteiger partial charge in [0.1, 0.15) is 6.29 Å². The van der Waals surface area contributed by atoms with Gasteiger partial charge in [-0.2, -0.15) is 0 Å². The molecule has 2 nitrogen and oxygen atoms in total. The molecular formula is C11H18O2. The van der Waals surface area contributed by atoms with Crippen molar-refractivity contribution in [3.05, 3.63) is 11.1 Å². The predicted molar refractivity (Wildman–Crippen MR) is 52.4 cm³/mol. The molecule has 1 aliphatic carbocycles. The number of carbonyl (C=O) groups is 1. The Labute approximate surface area is 79.6 Å². The Bertz CT molecular complexity index is 238. The molecule has 0 saturated heterocycles. The predicted octanol–water partition coefficient (Wildman–Crippen LogP) is 2.07. The molecule has 1 atom stereocenters. The zero-order valence-corrected chi connectivity index (χ0v) is 8.63. The molecule has 0 aromatic heterocycles. The second kappa shape index (κ2) is 3.62. The summed E-state index contributed by atoms with van der Waals surface area (Å²) in [4.78, 5) is 10.5. The van der Waals surface area contributed by atoms with Crippen molar-refractivity contribution in [3.8, 4) is 0 Å². The van der Waals surface area contributed by atoms with E-state index >= 15 is 0 Å². The van der Waals surface area contributed by atoms with Crippen LogP contribution in [0.2, 0.25) is 0 Å². The summed E-state index contributed by atoms with van der Waals surface area (Å²) in [7, 11) is 0. The average molecular weight is 182 g/mol. The van der Waals surface area contributed by atoms with E-state index in [2.05, 4.69) is 13.8 Å². The van der Waals surface area contributed by atoms with Crippen LogP contribution in [0.15, 0.2) is 11.1 Å². The third kappa shape index (κ3) is 1.99. The van der Waals surface area contributed by atoms with Gasteiger partial charge in [-0.05, 0) is 30.8 Å². The first-order valence-corrected chi connectivity index (χ1v) is 4.81. The summed E-state index contributed by atoms with van der Waals surface area (Å²) in [6.45, 7) is 6.22. The summed E-state index contributed by atoms with van der Waals surface area (Å²) >= 11 is 0. The number of rotatable bonds is 2.